The summed E-state index contributed by atoms with van der Waals surface area (Å²) < 4.78 is 71.0. The topological polar surface area (TPSA) is 131 Å². The van der Waals surface area contributed by atoms with E-state index >= 15 is 0 Å². The molecule has 6 rings (SSSR count). The van der Waals surface area contributed by atoms with Gasteiger partial charge in [0, 0.05) is 38.2 Å². The molecule has 2 aliphatic heterocycles. The highest BCUT2D eigenvalue weighted by atomic mass is 32.2. The largest absolute Gasteiger partial charge is 0.488 e. The van der Waals surface area contributed by atoms with Crippen molar-refractivity contribution in [2.45, 2.75) is 38.1 Å². The van der Waals surface area contributed by atoms with Gasteiger partial charge in [-0.2, -0.15) is 8.42 Å². The third-order valence-corrected chi connectivity index (χ3v) is 9.55. The van der Waals surface area contributed by atoms with E-state index in [0.29, 0.717) is 47.3 Å². The summed E-state index contributed by atoms with van der Waals surface area (Å²) in [7, 11) is -3.05. The van der Waals surface area contributed by atoms with Gasteiger partial charge in [-0.05, 0) is 37.3 Å². The maximum absolute atomic E-state index is 14.9. The maximum Gasteiger partial charge on any atom is 0.328 e. The van der Waals surface area contributed by atoms with Crippen molar-refractivity contribution in [3.8, 4) is 5.75 Å². The molecule has 1 amide bonds. The fraction of sp³-hybridized carbons (Fsp3) is 0.385. The number of aromatic nitrogens is 4. The van der Waals surface area contributed by atoms with Crippen LogP contribution in [0.25, 0.3) is 5.65 Å². The summed E-state index contributed by atoms with van der Waals surface area (Å²) in [5.74, 6) is -0.936. The summed E-state index contributed by atoms with van der Waals surface area (Å²) in [6.07, 6.45) is 2.25. The Bertz CT molecular complexity index is 1740. The molecule has 1 aromatic carbocycles. The number of aryl methyl sites for hydroxylation is 1. The molecule has 3 aromatic heterocycles. The monoisotopic (exact) mass is 619 g/mol. The minimum absolute atomic E-state index is 0.0231. The summed E-state index contributed by atoms with van der Waals surface area (Å²) in [4.78, 5) is 19.1. The van der Waals surface area contributed by atoms with Gasteiger partial charge in [0.2, 0.25) is 5.13 Å². The molecule has 0 saturated carbocycles. The standard InChI is InChI=1S/C26H27F2N7O5S2/c1-15-30-31-26(41-15)33(2)42(37,38)32-25(36)22-11-29-24-6-4-18(13-35(22)24)34-12-17(28)10-21(34)20-9-16(27)3-5-23(20)40-19-7-8-39-14-19/h3-6,9,11,13,17,19,21H,7-8,10,12,14H2,1-2H3,(H,32,36). The smallest absolute Gasteiger partial charge is 0.328 e. The third-order valence-electron chi connectivity index (χ3n) is 7.18. The lowest BCUT2D eigenvalue weighted by Gasteiger charge is -2.29. The summed E-state index contributed by atoms with van der Waals surface area (Å²) in [6, 6.07) is 7.02. The molecular weight excluding hydrogens is 592 g/mol. The predicted octanol–water partition coefficient (Wildman–Crippen LogP) is 3.20. The second-order valence-electron chi connectivity index (χ2n) is 10.1. The van der Waals surface area contributed by atoms with Crippen LogP contribution in [-0.2, 0) is 14.9 Å². The SMILES string of the molecule is Cc1nnc(N(C)S(=O)(=O)NC(=O)c2cnc3ccc(N4CC(F)CC4c4cc(F)ccc4OC4CCOC4)cn23)s1. The zero-order valence-corrected chi connectivity index (χ0v) is 24.2. The third kappa shape index (κ3) is 5.48. The molecule has 0 bridgehead atoms. The van der Waals surface area contributed by atoms with Crippen LogP contribution in [0.4, 0.5) is 19.6 Å². The Morgan fingerprint density at radius 1 is 1.26 bits per heavy atom. The Kier molecular flexibility index (Phi) is 7.44. The number of fused-ring (bicyclic) bond motifs is 1. The van der Waals surface area contributed by atoms with Gasteiger partial charge in [-0.3, -0.25) is 9.20 Å². The molecule has 0 aliphatic carbocycles. The Morgan fingerprint density at radius 2 is 2.10 bits per heavy atom. The number of hydrogen-bond acceptors (Lipinski definition) is 10. The van der Waals surface area contributed by atoms with E-state index in [9.17, 15) is 22.0 Å². The molecule has 42 heavy (non-hydrogen) atoms. The molecule has 1 N–H and O–H groups in total. The second-order valence-corrected chi connectivity index (χ2v) is 12.9. The van der Waals surface area contributed by atoms with E-state index in [1.807, 2.05) is 4.72 Å². The predicted molar refractivity (Wildman–Crippen MR) is 150 cm³/mol. The molecule has 3 unspecified atom stereocenters. The van der Waals surface area contributed by atoms with Gasteiger partial charge in [-0.25, -0.2) is 22.8 Å². The maximum atomic E-state index is 14.9. The first-order valence-electron chi connectivity index (χ1n) is 13.1. The lowest BCUT2D eigenvalue weighted by atomic mass is 10.0. The first-order chi connectivity index (χ1) is 20.1. The fourth-order valence-corrected chi connectivity index (χ4v) is 6.78. The average molecular weight is 620 g/mol. The van der Waals surface area contributed by atoms with Crippen LogP contribution >= 0.6 is 11.3 Å². The Morgan fingerprint density at radius 3 is 2.83 bits per heavy atom. The zero-order valence-electron chi connectivity index (χ0n) is 22.6. The van der Waals surface area contributed by atoms with Crippen LogP contribution < -0.4 is 18.7 Å². The van der Waals surface area contributed by atoms with Crippen molar-refractivity contribution in [2.75, 3.05) is 36.0 Å². The number of amides is 1. The van der Waals surface area contributed by atoms with Crippen LogP contribution in [0.1, 0.15) is 39.9 Å². The highest BCUT2D eigenvalue weighted by Crippen LogP contribution is 2.42. The minimum Gasteiger partial charge on any atom is -0.488 e. The number of pyridine rings is 1. The van der Waals surface area contributed by atoms with E-state index < -0.39 is 34.1 Å². The summed E-state index contributed by atoms with van der Waals surface area (Å²) >= 11 is 1.06. The highest BCUT2D eigenvalue weighted by molar-refractivity contribution is 7.91. The van der Waals surface area contributed by atoms with Gasteiger partial charge in [-0.15, -0.1) is 10.2 Å². The van der Waals surface area contributed by atoms with E-state index in [4.69, 9.17) is 9.47 Å². The molecule has 0 radical (unpaired) electrons. The van der Waals surface area contributed by atoms with Crippen LogP contribution in [-0.4, -0.2) is 73.0 Å². The quantitative estimate of drug-likeness (QED) is 0.316. The number of nitrogens with zero attached hydrogens (tertiary/aromatic N) is 6. The van der Waals surface area contributed by atoms with E-state index in [2.05, 4.69) is 15.2 Å². The number of imidazole rings is 1. The van der Waals surface area contributed by atoms with Crippen molar-refractivity contribution in [1.82, 2.24) is 24.3 Å². The molecule has 12 nitrogen and oxygen atoms in total. The number of ether oxygens (including phenoxy) is 2. The number of carbonyl (C=O) groups excluding carboxylic acids is 1. The normalized spacial score (nSPS) is 20.8. The Hall–Kier alpha value is -3.89. The molecular formula is C26H27F2N7O5S2. The van der Waals surface area contributed by atoms with Crippen molar-refractivity contribution < 1.29 is 31.5 Å². The number of benzene rings is 1. The van der Waals surface area contributed by atoms with Gasteiger partial charge in [0.1, 0.15) is 40.2 Å². The van der Waals surface area contributed by atoms with Crippen LogP contribution in [0.2, 0.25) is 0 Å². The van der Waals surface area contributed by atoms with Gasteiger partial charge in [0.05, 0.1) is 31.1 Å². The van der Waals surface area contributed by atoms with Gasteiger partial charge >= 0.3 is 10.2 Å². The lowest BCUT2D eigenvalue weighted by Crippen LogP contribution is -2.42. The van der Waals surface area contributed by atoms with E-state index in [1.165, 1.54) is 29.8 Å². The van der Waals surface area contributed by atoms with E-state index in [0.717, 1.165) is 15.6 Å². The minimum atomic E-state index is -4.31. The Balaban J connectivity index is 1.30. The Labute approximate surface area is 244 Å². The first-order valence-corrected chi connectivity index (χ1v) is 15.4. The van der Waals surface area contributed by atoms with Crippen molar-refractivity contribution in [3.63, 3.8) is 0 Å². The van der Waals surface area contributed by atoms with E-state index in [1.54, 1.807) is 36.2 Å². The zero-order chi connectivity index (χ0) is 29.6. The number of carbonyl (C=O) groups is 1. The van der Waals surface area contributed by atoms with Crippen LogP contribution in [0.3, 0.4) is 0 Å². The van der Waals surface area contributed by atoms with Crippen molar-refractivity contribution in [1.29, 1.82) is 0 Å². The molecule has 3 atom stereocenters. The summed E-state index contributed by atoms with van der Waals surface area (Å²) in [5.41, 5.74) is 1.36. The van der Waals surface area contributed by atoms with Gasteiger partial charge < -0.3 is 14.4 Å². The molecule has 2 aliphatic rings. The lowest BCUT2D eigenvalue weighted by molar-refractivity contribution is 0.0975. The van der Waals surface area contributed by atoms with E-state index in [-0.39, 0.29) is 29.9 Å². The molecule has 5 heterocycles. The number of hydrogen-bond donors (Lipinski definition) is 1. The molecule has 0 spiro atoms. The molecule has 4 aromatic rings. The van der Waals surface area contributed by atoms with Crippen molar-refractivity contribution in [2.24, 2.45) is 0 Å². The molecule has 2 saturated heterocycles. The van der Waals surface area contributed by atoms with Gasteiger partial charge in [-0.1, -0.05) is 11.3 Å². The van der Waals surface area contributed by atoms with Crippen LogP contribution in [0, 0.1) is 12.7 Å². The molecule has 222 valence electrons. The number of nitrogens with one attached hydrogen (secondary N) is 1. The first kappa shape index (κ1) is 28.2. The highest BCUT2D eigenvalue weighted by Gasteiger charge is 2.36. The average Bonchev–Trinajstić information content (AvgIpc) is 3.76. The second kappa shape index (κ2) is 11.1. The fourth-order valence-electron chi connectivity index (χ4n) is 5.10. The summed E-state index contributed by atoms with van der Waals surface area (Å²) in [6.45, 7) is 2.70. The number of halogens is 2. The van der Waals surface area contributed by atoms with Crippen LogP contribution in [0.5, 0.6) is 5.75 Å². The number of alkyl halides is 1. The summed E-state index contributed by atoms with van der Waals surface area (Å²) in [5, 5.41) is 8.27. The van der Waals surface area contributed by atoms with Gasteiger partial charge in [0.25, 0.3) is 5.91 Å². The van der Waals surface area contributed by atoms with Crippen molar-refractivity contribution in [3.05, 3.63) is 64.8 Å². The van der Waals surface area contributed by atoms with Crippen LogP contribution in [0.15, 0.2) is 42.7 Å². The van der Waals surface area contributed by atoms with Gasteiger partial charge in [0.15, 0.2) is 0 Å². The molecule has 2 fully saturated rings. The van der Waals surface area contributed by atoms with Crippen molar-refractivity contribution >= 4 is 43.9 Å². The number of anilines is 2. The number of rotatable bonds is 8. The molecule has 16 heteroatoms.